The molecule has 1 heterocycles. The van der Waals surface area contributed by atoms with Gasteiger partial charge >= 0.3 is 0 Å². The smallest absolute Gasteiger partial charge is 0.132 e. The quantitative estimate of drug-likeness (QED) is 0.166. The molecule has 10 aromatic carbocycles. The van der Waals surface area contributed by atoms with Gasteiger partial charge in [0.05, 0.1) is 16.5 Å². The first-order chi connectivity index (χ1) is 31.8. The van der Waals surface area contributed by atoms with Gasteiger partial charge in [0, 0.05) is 28.1 Å². The normalized spacial score (nSPS) is 14.0. The van der Waals surface area contributed by atoms with Gasteiger partial charge in [-0.25, -0.2) is 0 Å². The zero-order chi connectivity index (χ0) is 42.2. The highest BCUT2D eigenvalue weighted by Gasteiger charge is 2.51. The number of hydrogen-bond donors (Lipinski definition) is 0. The number of hydrogen-bond acceptors (Lipinski definition) is 2. The molecule has 0 saturated carbocycles. The van der Waals surface area contributed by atoms with Crippen molar-refractivity contribution in [1.82, 2.24) is 0 Å². The molecule has 64 heavy (non-hydrogen) atoms. The van der Waals surface area contributed by atoms with Crippen LogP contribution in [0.15, 0.2) is 249 Å². The van der Waals surface area contributed by atoms with Gasteiger partial charge in [0.2, 0.25) is 0 Å². The number of nitrogens with zero attached hydrogens (tertiary/aromatic N) is 1. The number of anilines is 3. The SMILES string of the molecule is c1ccc(N(c2ccc3c(c2)C(c2ccccc2)(c2ccccc2)c2ccccc2-3)c2ccccc2-c2ccc3c(c2)C2(c4ccccc4O3)c3ccccc3-c3ccccc32)cc1. The van der Waals surface area contributed by atoms with Crippen molar-refractivity contribution in [3.05, 3.63) is 293 Å². The van der Waals surface area contributed by atoms with Crippen LogP contribution in [0, 0.1) is 0 Å². The Bertz CT molecular complexity index is 3340. The first-order valence-electron chi connectivity index (χ1n) is 22.2. The van der Waals surface area contributed by atoms with E-state index in [1.807, 2.05) is 0 Å². The molecule has 0 amide bonds. The molecule has 2 nitrogen and oxygen atoms in total. The highest BCUT2D eigenvalue weighted by atomic mass is 16.5. The minimum Gasteiger partial charge on any atom is -0.457 e. The van der Waals surface area contributed by atoms with E-state index in [0.717, 1.165) is 50.8 Å². The highest BCUT2D eigenvalue weighted by Crippen LogP contribution is 2.63. The molecule has 2 heteroatoms. The van der Waals surface area contributed by atoms with E-state index in [2.05, 4.69) is 254 Å². The zero-order valence-corrected chi connectivity index (χ0v) is 35.0. The molecule has 0 unspecified atom stereocenters. The Morgan fingerprint density at radius 1 is 0.281 bits per heavy atom. The lowest BCUT2D eigenvalue weighted by Crippen LogP contribution is -2.32. The molecule has 1 aliphatic heterocycles. The minimum atomic E-state index is -0.561. The van der Waals surface area contributed by atoms with Gasteiger partial charge in [0.25, 0.3) is 0 Å². The van der Waals surface area contributed by atoms with Crippen molar-refractivity contribution in [3.8, 4) is 44.9 Å². The van der Waals surface area contributed by atoms with Crippen LogP contribution in [0.3, 0.4) is 0 Å². The zero-order valence-electron chi connectivity index (χ0n) is 35.0. The lowest BCUT2D eigenvalue weighted by atomic mass is 9.65. The molecule has 0 saturated heterocycles. The maximum atomic E-state index is 6.85. The molecule has 13 rings (SSSR count). The van der Waals surface area contributed by atoms with E-state index in [9.17, 15) is 0 Å². The van der Waals surface area contributed by atoms with Crippen LogP contribution in [-0.2, 0) is 10.8 Å². The van der Waals surface area contributed by atoms with Gasteiger partial charge in [-0.05, 0) is 110 Å². The average molecular weight is 816 g/mol. The van der Waals surface area contributed by atoms with E-state index in [-0.39, 0.29) is 0 Å². The third-order valence-corrected chi connectivity index (χ3v) is 14.0. The molecule has 300 valence electrons. The number of fused-ring (bicyclic) bond motifs is 12. The molecule has 0 bridgehead atoms. The third kappa shape index (κ3) is 5.02. The molecule has 0 fully saturated rings. The summed E-state index contributed by atoms with van der Waals surface area (Å²) < 4.78 is 6.85. The van der Waals surface area contributed by atoms with Gasteiger partial charge in [-0.15, -0.1) is 0 Å². The molecular formula is C62H41NO. The standard InChI is InChI=1S/C62H41NO/c1-4-20-43(21-5-1)61(44-22-6-2-7-23-44)52-30-14-10-29-50(52)51-38-37-46(41-56(51)61)63(45-24-8-3-9-25-45)58-34-18-13-26-47(58)42-36-39-60-57(40-42)62(55-33-17-19-35-59(55)64-60)53-31-15-11-27-48(53)49-28-12-16-32-54(49)62/h1-41H. The first-order valence-corrected chi connectivity index (χ1v) is 22.2. The van der Waals surface area contributed by atoms with Crippen molar-refractivity contribution in [1.29, 1.82) is 0 Å². The van der Waals surface area contributed by atoms with Crippen molar-refractivity contribution >= 4 is 17.1 Å². The minimum absolute atomic E-state index is 0.525. The fourth-order valence-electron chi connectivity index (χ4n) is 11.5. The van der Waals surface area contributed by atoms with Gasteiger partial charge in [0.1, 0.15) is 11.5 Å². The Kier molecular flexibility index (Phi) is 8.07. The number of benzene rings is 10. The molecule has 2 aliphatic carbocycles. The van der Waals surface area contributed by atoms with Crippen LogP contribution < -0.4 is 9.64 Å². The van der Waals surface area contributed by atoms with Crippen molar-refractivity contribution < 1.29 is 4.74 Å². The van der Waals surface area contributed by atoms with Gasteiger partial charge in [-0.1, -0.05) is 200 Å². The van der Waals surface area contributed by atoms with E-state index in [4.69, 9.17) is 4.74 Å². The summed E-state index contributed by atoms with van der Waals surface area (Å²) in [5, 5.41) is 0. The summed E-state index contributed by atoms with van der Waals surface area (Å²) in [4.78, 5) is 2.44. The van der Waals surface area contributed by atoms with Crippen LogP contribution in [0.2, 0.25) is 0 Å². The number of rotatable bonds is 6. The first kappa shape index (κ1) is 36.5. The second-order valence-electron chi connectivity index (χ2n) is 17.1. The Labute approximate surface area is 374 Å². The lowest BCUT2D eigenvalue weighted by Gasteiger charge is -2.39. The summed E-state index contributed by atoms with van der Waals surface area (Å²) in [5.41, 5.74) is 19.4. The molecule has 10 aromatic rings. The topological polar surface area (TPSA) is 12.5 Å². The van der Waals surface area contributed by atoms with Crippen LogP contribution in [0.25, 0.3) is 33.4 Å². The maximum absolute atomic E-state index is 6.85. The van der Waals surface area contributed by atoms with Crippen LogP contribution in [0.4, 0.5) is 17.1 Å². The average Bonchev–Trinajstić information content (AvgIpc) is 3.83. The fourth-order valence-corrected chi connectivity index (χ4v) is 11.5. The Balaban J connectivity index is 1.04. The predicted octanol–water partition coefficient (Wildman–Crippen LogP) is 15.7. The number of para-hydroxylation sites is 3. The van der Waals surface area contributed by atoms with Gasteiger partial charge in [-0.2, -0.15) is 0 Å². The summed E-state index contributed by atoms with van der Waals surface area (Å²) in [6.45, 7) is 0. The second-order valence-corrected chi connectivity index (χ2v) is 17.1. The van der Waals surface area contributed by atoms with Crippen molar-refractivity contribution in [3.63, 3.8) is 0 Å². The second kappa shape index (κ2) is 14.2. The van der Waals surface area contributed by atoms with Crippen LogP contribution >= 0.6 is 0 Å². The molecule has 0 aromatic heterocycles. The van der Waals surface area contributed by atoms with Crippen molar-refractivity contribution in [2.75, 3.05) is 4.90 Å². The summed E-state index contributed by atoms with van der Waals surface area (Å²) in [5.74, 6) is 1.77. The molecule has 3 aliphatic rings. The van der Waals surface area contributed by atoms with Gasteiger partial charge < -0.3 is 9.64 Å². The lowest BCUT2D eigenvalue weighted by molar-refractivity contribution is 0.436. The fraction of sp³-hybridized carbons (Fsp3) is 0.0323. The Morgan fingerprint density at radius 2 is 0.750 bits per heavy atom. The number of ether oxygens (including phenoxy) is 1. The summed E-state index contributed by atoms with van der Waals surface area (Å²) >= 11 is 0. The van der Waals surface area contributed by atoms with Crippen LogP contribution in [0.1, 0.15) is 44.5 Å². The summed E-state index contributed by atoms with van der Waals surface area (Å²) in [7, 11) is 0. The Morgan fingerprint density at radius 3 is 1.38 bits per heavy atom. The van der Waals surface area contributed by atoms with E-state index in [1.54, 1.807) is 0 Å². The molecule has 0 radical (unpaired) electrons. The van der Waals surface area contributed by atoms with E-state index < -0.39 is 10.8 Å². The third-order valence-electron chi connectivity index (χ3n) is 14.0. The summed E-state index contributed by atoms with van der Waals surface area (Å²) in [6, 6.07) is 91.2. The summed E-state index contributed by atoms with van der Waals surface area (Å²) in [6.07, 6.45) is 0. The van der Waals surface area contributed by atoms with Crippen LogP contribution in [-0.4, -0.2) is 0 Å². The van der Waals surface area contributed by atoms with Crippen LogP contribution in [0.5, 0.6) is 11.5 Å². The molecule has 0 atom stereocenters. The van der Waals surface area contributed by atoms with Gasteiger partial charge in [-0.3, -0.25) is 0 Å². The van der Waals surface area contributed by atoms with E-state index >= 15 is 0 Å². The Hall–Kier alpha value is -8.20. The maximum Gasteiger partial charge on any atom is 0.132 e. The molecule has 0 N–H and O–H groups in total. The molecule has 1 spiro atoms. The van der Waals surface area contributed by atoms with Crippen molar-refractivity contribution in [2.45, 2.75) is 10.8 Å². The van der Waals surface area contributed by atoms with Gasteiger partial charge in [0.15, 0.2) is 0 Å². The molecular weight excluding hydrogens is 775 g/mol. The predicted molar refractivity (Wildman–Crippen MR) is 261 cm³/mol. The van der Waals surface area contributed by atoms with Crippen molar-refractivity contribution in [2.24, 2.45) is 0 Å². The highest BCUT2D eigenvalue weighted by molar-refractivity contribution is 5.94. The van der Waals surface area contributed by atoms with E-state index in [1.165, 1.54) is 55.6 Å². The van der Waals surface area contributed by atoms with E-state index in [0.29, 0.717) is 0 Å². The largest absolute Gasteiger partial charge is 0.457 e. The monoisotopic (exact) mass is 815 g/mol.